The molecule has 2 aliphatic heterocycles. The van der Waals surface area contributed by atoms with Crippen molar-refractivity contribution in [3.63, 3.8) is 0 Å². The third kappa shape index (κ3) is 2.77. The Labute approximate surface area is 144 Å². The Morgan fingerprint density at radius 1 is 1.12 bits per heavy atom. The van der Waals surface area contributed by atoms with Crippen LogP contribution in [0.4, 0.5) is 0 Å². The van der Waals surface area contributed by atoms with Crippen LogP contribution in [-0.4, -0.2) is 24.5 Å². The highest BCUT2D eigenvalue weighted by Gasteiger charge is 2.34. The Morgan fingerprint density at radius 3 is 2.64 bits per heavy atom. The van der Waals surface area contributed by atoms with Gasteiger partial charge in [0.2, 0.25) is 16.9 Å². The summed E-state index contributed by atoms with van der Waals surface area (Å²) >= 11 is 0. The second-order valence-electron chi connectivity index (χ2n) is 6.24. The zero-order valence-corrected chi connectivity index (χ0v) is 14.1. The van der Waals surface area contributed by atoms with E-state index in [-0.39, 0.29) is 35.9 Å². The Morgan fingerprint density at radius 2 is 1.92 bits per heavy atom. The molecule has 1 unspecified atom stereocenters. The summed E-state index contributed by atoms with van der Waals surface area (Å²) in [7, 11) is -3.68. The van der Waals surface area contributed by atoms with Crippen LogP contribution >= 0.6 is 0 Å². The molecule has 2 amide bonds. The van der Waals surface area contributed by atoms with Crippen LogP contribution in [0.3, 0.4) is 0 Å². The van der Waals surface area contributed by atoms with Gasteiger partial charge in [0.05, 0.1) is 12.2 Å². The normalized spacial score (nSPS) is 21.2. The van der Waals surface area contributed by atoms with Gasteiger partial charge in [-0.1, -0.05) is 18.2 Å². The van der Waals surface area contributed by atoms with Crippen molar-refractivity contribution in [1.29, 1.82) is 0 Å². The van der Waals surface area contributed by atoms with Crippen LogP contribution in [0.1, 0.15) is 35.4 Å². The number of nitrogens with zero attached hydrogens (tertiary/aromatic N) is 1. The van der Waals surface area contributed by atoms with Crippen molar-refractivity contribution in [2.24, 2.45) is 0 Å². The SMILES string of the molecule is O=C1CCC(c2ccc3c(c2)CN(S(=O)(=O)c2ccco2)C3)C(=O)N1. The molecule has 0 saturated carbocycles. The van der Waals surface area contributed by atoms with Crippen LogP contribution in [0.2, 0.25) is 0 Å². The first kappa shape index (κ1) is 16.0. The molecule has 1 atom stereocenters. The summed E-state index contributed by atoms with van der Waals surface area (Å²) in [6.45, 7) is 0.507. The average molecular weight is 360 g/mol. The molecular formula is C17H16N2O5S. The van der Waals surface area contributed by atoms with E-state index in [4.69, 9.17) is 4.42 Å². The second-order valence-corrected chi connectivity index (χ2v) is 8.11. The van der Waals surface area contributed by atoms with E-state index in [2.05, 4.69) is 5.32 Å². The molecule has 8 heteroatoms. The van der Waals surface area contributed by atoms with Gasteiger partial charge in [0.15, 0.2) is 0 Å². The molecule has 2 aromatic rings. The topological polar surface area (TPSA) is 96.7 Å². The number of furan rings is 1. The minimum atomic E-state index is -3.68. The maximum atomic E-state index is 12.6. The fraction of sp³-hybridized carbons (Fsp3) is 0.294. The van der Waals surface area contributed by atoms with Crippen LogP contribution in [0.5, 0.6) is 0 Å². The van der Waals surface area contributed by atoms with E-state index >= 15 is 0 Å². The Hall–Kier alpha value is -2.45. The predicted octanol–water partition coefficient (Wildman–Crippen LogP) is 1.50. The number of nitrogens with one attached hydrogen (secondary N) is 1. The molecule has 3 heterocycles. The van der Waals surface area contributed by atoms with Crippen molar-refractivity contribution in [3.05, 3.63) is 53.3 Å². The zero-order valence-electron chi connectivity index (χ0n) is 13.3. The number of fused-ring (bicyclic) bond motifs is 1. The average Bonchev–Trinajstić information content (AvgIpc) is 3.24. The van der Waals surface area contributed by atoms with Crippen LogP contribution in [-0.2, 0) is 32.7 Å². The molecule has 0 spiro atoms. The summed E-state index contributed by atoms with van der Waals surface area (Å²) in [6, 6.07) is 8.52. The van der Waals surface area contributed by atoms with E-state index in [0.29, 0.717) is 12.8 Å². The van der Waals surface area contributed by atoms with Crippen molar-refractivity contribution in [1.82, 2.24) is 9.62 Å². The molecule has 0 radical (unpaired) electrons. The molecule has 0 bridgehead atoms. The lowest BCUT2D eigenvalue weighted by Crippen LogP contribution is -2.39. The number of carbonyl (C=O) groups excluding carboxylic acids is 2. The number of rotatable bonds is 3. The third-order valence-electron chi connectivity index (χ3n) is 4.65. The van der Waals surface area contributed by atoms with Gasteiger partial charge in [0.25, 0.3) is 10.0 Å². The number of hydrogen-bond donors (Lipinski definition) is 1. The summed E-state index contributed by atoms with van der Waals surface area (Å²) in [6.07, 6.45) is 2.11. The first-order chi connectivity index (χ1) is 11.9. The molecule has 130 valence electrons. The summed E-state index contributed by atoms with van der Waals surface area (Å²) in [4.78, 5) is 23.3. The lowest BCUT2D eigenvalue weighted by Gasteiger charge is -2.21. The molecule has 25 heavy (non-hydrogen) atoms. The third-order valence-corrected chi connectivity index (χ3v) is 6.33. The summed E-state index contributed by atoms with van der Waals surface area (Å²) < 4.78 is 31.5. The maximum absolute atomic E-state index is 12.6. The van der Waals surface area contributed by atoms with E-state index in [9.17, 15) is 18.0 Å². The highest BCUT2D eigenvalue weighted by atomic mass is 32.2. The summed E-state index contributed by atoms with van der Waals surface area (Å²) in [5, 5.41) is 2.27. The lowest BCUT2D eigenvalue weighted by molar-refractivity contribution is -0.134. The molecule has 1 saturated heterocycles. The summed E-state index contributed by atoms with van der Waals surface area (Å²) in [5.74, 6) is -0.925. The molecule has 1 N–H and O–H groups in total. The zero-order chi connectivity index (χ0) is 17.6. The minimum absolute atomic E-state index is 0.0781. The molecule has 0 aliphatic carbocycles. The standard InChI is InChI=1S/C17H16N2O5S/c20-15-6-5-14(17(21)18-15)11-3-4-12-9-19(10-13(12)8-11)25(22,23)16-2-1-7-24-16/h1-4,7-8,14H,5-6,9-10H2,(H,18,20,21). The molecule has 7 nitrogen and oxygen atoms in total. The van der Waals surface area contributed by atoms with Crippen molar-refractivity contribution in [2.45, 2.75) is 36.9 Å². The first-order valence-corrected chi connectivity index (χ1v) is 9.38. The monoisotopic (exact) mass is 360 g/mol. The number of hydrogen-bond acceptors (Lipinski definition) is 5. The van der Waals surface area contributed by atoms with E-state index in [1.165, 1.54) is 22.7 Å². The Balaban J connectivity index is 1.59. The van der Waals surface area contributed by atoms with E-state index < -0.39 is 10.0 Å². The van der Waals surface area contributed by atoms with E-state index in [1.54, 1.807) is 0 Å². The molecule has 4 rings (SSSR count). The number of imide groups is 1. The van der Waals surface area contributed by atoms with Gasteiger partial charge in [-0.15, -0.1) is 0 Å². The maximum Gasteiger partial charge on any atom is 0.277 e. The quantitative estimate of drug-likeness (QED) is 0.837. The van der Waals surface area contributed by atoms with Gasteiger partial charge in [-0.2, -0.15) is 4.31 Å². The van der Waals surface area contributed by atoms with Gasteiger partial charge in [0.1, 0.15) is 0 Å². The van der Waals surface area contributed by atoms with Crippen LogP contribution < -0.4 is 5.32 Å². The number of carbonyl (C=O) groups is 2. The Bertz CT molecular complexity index is 949. The van der Waals surface area contributed by atoms with Crippen LogP contribution in [0.15, 0.2) is 46.1 Å². The van der Waals surface area contributed by atoms with Crippen LogP contribution in [0, 0.1) is 0 Å². The van der Waals surface area contributed by atoms with Crippen molar-refractivity contribution in [3.8, 4) is 0 Å². The molecule has 2 aliphatic rings. The van der Waals surface area contributed by atoms with Crippen molar-refractivity contribution < 1.29 is 22.4 Å². The van der Waals surface area contributed by atoms with Gasteiger partial charge in [-0.25, -0.2) is 8.42 Å². The molecule has 1 fully saturated rings. The molecule has 1 aromatic carbocycles. The van der Waals surface area contributed by atoms with Gasteiger partial charge < -0.3 is 4.42 Å². The van der Waals surface area contributed by atoms with Gasteiger partial charge in [-0.05, 0) is 35.2 Å². The van der Waals surface area contributed by atoms with Gasteiger partial charge >= 0.3 is 0 Å². The van der Waals surface area contributed by atoms with Crippen LogP contribution in [0.25, 0.3) is 0 Å². The Kier molecular flexibility index (Phi) is 3.73. The smallest absolute Gasteiger partial charge is 0.277 e. The number of sulfonamides is 1. The predicted molar refractivity (Wildman–Crippen MR) is 86.7 cm³/mol. The van der Waals surface area contributed by atoms with Gasteiger partial charge in [0, 0.05) is 19.5 Å². The molecule has 1 aromatic heterocycles. The first-order valence-electron chi connectivity index (χ1n) is 7.94. The number of piperidine rings is 1. The number of benzene rings is 1. The fourth-order valence-electron chi connectivity index (χ4n) is 3.32. The second kappa shape index (κ2) is 5.82. The number of amides is 2. The fourth-order valence-corrected chi connectivity index (χ4v) is 4.62. The highest BCUT2D eigenvalue weighted by molar-refractivity contribution is 7.89. The van der Waals surface area contributed by atoms with E-state index in [0.717, 1.165) is 16.7 Å². The summed E-state index contributed by atoms with van der Waals surface area (Å²) in [5.41, 5.74) is 2.59. The molecular weight excluding hydrogens is 344 g/mol. The van der Waals surface area contributed by atoms with Crippen molar-refractivity contribution >= 4 is 21.8 Å². The minimum Gasteiger partial charge on any atom is -0.452 e. The lowest BCUT2D eigenvalue weighted by atomic mass is 9.89. The highest BCUT2D eigenvalue weighted by Crippen LogP contribution is 2.32. The van der Waals surface area contributed by atoms with Gasteiger partial charge in [-0.3, -0.25) is 14.9 Å². The largest absolute Gasteiger partial charge is 0.452 e. The van der Waals surface area contributed by atoms with E-state index in [1.807, 2.05) is 18.2 Å². The van der Waals surface area contributed by atoms with Crippen molar-refractivity contribution in [2.75, 3.05) is 0 Å².